The molecule has 0 unspecified atom stereocenters. The standard InChI is InChI=1S/C11H12N2O2S/c1-14-9-5-7(16-2)3-4-8(9)10-6-11(12)13-15-10/h3-6H,1-2H3,(H2,12,13). The van der Waals surface area contributed by atoms with Crippen LogP contribution >= 0.6 is 11.8 Å². The molecule has 0 spiro atoms. The lowest BCUT2D eigenvalue weighted by molar-refractivity contribution is 0.406. The fourth-order valence-corrected chi connectivity index (χ4v) is 1.85. The molecule has 84 valence electrons. The van der Waals surface area contributed by atoms with Crippen LogP contribution in [0.4, 0.5) is 5.82 Å². The molecular weight excluding hydrogens is 224 g/mol. The molecule has 2 N–H and O–H groups in total. The average molecular weight is 236 g/mol. The predicted molar refractivity (Wildman–Crippen MR) is 64.7 cm³/mol. The molecule has 0 aliphatic carbocycles. The summed E-state index contributed by atoms with van der Waals surface area (Å²) in [5, 5.41) is 3.65. The Hall–Kier alpha value is -1.62. The van der Waals surface area contributed by atoms with E-state index in [9.17, 15) is 0 Å². The number of nitrogen functional groups attached to an aromatic ring is 1. The molecule has 2 rings (SSSR count). The van der Waals surface area contributed by atoms with Gasteiger partial charge in [-0.1, -0.05) is 5.16 Å². The van der Waals surface area contributed by atoms with Gasteiger partial charge >= 0.3 is 0 Å². The van der Waals surface area contributed by atoms with Crippen molar-refractivity contribution in [1.29, 1.82) is 0 Å². The highest BCUT2D eigenvalue weighted by Gasteiger charge is 2.11. The van der Waals surface area contributed by atoms with Gasteiger partial charge in [0.25, 0.3) is 0 Å². The zero-order valence-electron chi connectivity index (χ0n) is 9.06. The molecule has 5 heteroatoms. The largest absolute Gasteiger partial charge is 0.496 e. The molecule has 0 amide bonds. The van der Waals surface area contributed by atoms with E-state index in [0.717, 1.165) is 16.2 Å². The Morgan fingerprint density at radius 3 is 2.75 bits per heavy atom. The van der Waals surface area contributed by atoms with Gasteiger partial charge in [0.2, 0.25) is 0 Å². The van der Waals surface area contributed by atoms with Crippen molar-refractivity contribution in [2.24, 2.45) is 0 Å². The Labute approximate surface area is 97.8 Å². The fourth-order valence-electron chi connectivity index (χ4n) is 1.42. The minimum absolute atomic E-state index is 0.367. The van der Waals surface area contributed by atoms with Crippen molar-refractivity contribution in [3.05, 3.63) is 24.3 Å². The van der Waals surface area contributed by atoms with Crippen LogP contribution in [0.5, 0.6) is 5.75 Å². The molecule has 0 atom stereocenters. The average Bonchev–Trinajstić information content (AvgIpc) is 2.74. The first-order valence-electron chi connectivity index (χ1n) is 4.69. The Morgan fingerprint density at radius 2 is 2.19 bits per heavy atom. The lowest BCUT2D eigenvalue weighted by atomic mass is 10.1. The number of nitrogens with two attached hydrogens (primary N) is 1. The Bertz CT molecular complexity index is 496. The van der Waals surface area contributed by atoms with E-state index in [4.69, 9.17) is 15.0 Å². The number of nitrogens with zero attached hydrogens (tertiary/aromatic N) is 1. The molecule has 0 saturated carbocycles. The predicted octanol–water partition coefficient (Wildman–Crippen LogP) is 2.65. The quantitative estimate of drug-likeness (QED) is 0.830. The maximum absolute atomic E-state index is 5.51. The lowest BCUT2D eigenvalue weighted by Gasteiger charge is -2.06. The van der Waals surface area contributed by atoms with Gasteiger partial charge in [0, 0.05) is 11.0 Å². The van der Waals surface area contributed by atoms with Gasteiger partial charge in [-0.2, -0.15) is 0 Å². The Kier molecular flexibility index (Phi) is 3.05. The smallest absolute Gasteiger partial charge is 0.172 e. The number of thioether (sulfide) groups is 1. The van der Waals surface area contributed by atoms with E-state index >= 15 is 0 Å². The van der Waals surface area contributed by atoms with E-state index in [2.05, 4.69) is 5.16 Å². The van der Waals surface area contributed by atoms with Crippen LogP contribution in [0.2, 0.25) is 0 Å². The second kappa shape index (κ2) is 4.49. The molecule has 0 aliphatic heterocycles. The third-order valence-electron chi connectivity index (χ3n) is 2.20. The molecule has 1 aromatic carbocycles. The van der Waals surface area contributed by atoms with Crippen LogP contribution in [0.1, 0.15) is 0 Å². The second-order valence-corrected chi connectivity index (χ2v) is 4.06. The van der Waals surface area contributed by atoms with Crippen molar-refractivity contribution in [3.63, 3.8) is 0 Å². The van der Waals surface area contributed by atoms with Crippen molar-refractivity contribution in [2.75, 3.05) is 19.1 Å². The highest BCUT2D eigenvalue weighted by molar-refractivity contribution is 7.98. The molecule has 0 radical (unpaired) electrons. The summed E-state index contributed by atoms with van der Waals surface area (Å²) in [4.78, 5) is 1.13. The van der Waals surface area contributed by atoms with E-state index in [1.165, 1.54) is 0 Å². The first kappa shape index (κ1) is 10.9. The number of anilines is 1. The first-order chi connectivity index (χ1) is 7.74. The maximum atomic E-state index is 5.51. The van der Waals surface area contributed by atoms with Crippen LogP contribution in [-0.4, -0.2) is 18.5 Å². The summed E-state index contributed by atoms with van der Waals surface area (Å²) >= 11 is 1.66. The second-order valence-electron chi connectivity index (χ2n) is 3.18. The summed E-state index contributed by atoms with van der Waals surface area (Å²) in [5.41, 5.74) is 6.37. The van der Waals surface area contributed by atoms with Crippen LogP contribution in [0.15, 0.2) is 33.7 Å². The Morgan fingerprint density at radius 1 is 1.38 bits per heavy atom. The van der Waals surface area contributed by atoms with Crippen molar-refractivity contribution in [3.8, 4) is 17.1 Å². The highest BCUT2D eigenvalue weighted by Crippen LogP contribution is 2.33. The SMILES string of the molecule is COc1cc(SC)ccc1-c1cc(N)no1. The zero-order chi connectivity index (χ0) is 11.5. The molecule has 1 heterocycles. The molecular formula is C11H12N2O2S. The molecule has 0 fully saturated rings. The third kappa shape index (κ3) is 1.99. The fraction of sp³-hybridized carbons (Fsp3) is 0.182. The minimum atomic E-state index is 0.367. The first-order valence-corrected chi connectivity index (χ1v) is 5.91. The summed E-state index contributed by atoms with van der Waals surface area (Å²) < 4.78 is 10.4. The van der Waals surface area contributed by atoms with E-state index in [-0.39, 0.29) is 0 Å². The molecule has 0 aliphatic rings. The summed E-state index contributed by atoms with van der Waals surface area (Å²) in [7, 11) is 1.63. The van der Waals surface area contributed by atoms with E-state index in [1.807, 2.05) is 24.5 Å². The topological polar surface area (TPSA) is 61.3 Å². The van der Waals surface area contributed by atoms with Gasteiger partial charge in [-0.25, -0.2) is 0 Å². The van der Waals surface area contributed by atoms with Crippen molar-refractivity contribution < 1.29 is 9.26 Å². The van der Waals surface area contributed by atoms with Crippen molar-refractivity contribution in [1.82, 2.24) is 5.16 Å². The van der Waals surface area contributed by atoms with Gasteiger partial charge in [0.15, 0.2) is 11.6 Å². The number of rotatable bonds is 3. The van der Waals surface area contributed by atoms with Gasteiger partial charge in [-0.05, 0) is 24.5 Å². The van der Waals surface area contributed by atoms with Gasteiger partial charge in [-0.15, -0.1) is 11.8 Å². The van der Waals surface area contributed by atoms with Gasteiger partial charge in [0.1, 0.15) is 5.75 Å². The summed E-state index contributed by atoms with van der Waals surface area (Å²) in [5.74, 6) is 1.73. The van der Waals surface area contributed by atoms with Crippen molar-refractivity contribution in [2.45, 2.75) is 4.90 Å². The van der Waals surface area contributed by atoms with Gasteiger partial charge in [-0.3, -0.25) is 0 Å². The summed E-state index contributed by atoms with van der Waals surface area (Å²) in [6, 6.07) is 7.57. The van der Waals surface area contributed by atoms with Gasteiger partial charge < -0.3 is 15.0 Å². The van der Waals surface area contributed by atoms with Crippen LogP contribution in [0.25, 0.3) is 11.3 Å². The van der Waals surface area contributed by atoms with E-state index in [1.54, 1.807) is 24.9 Å². The monoisotopic (exact) mass is 236 g/mol. The number of ether oxygens (including phenoxy) is 1. The normalized spacial score (nSPS) is 10.4. The number of hydrogen-bond donors (Lipinski definition) is 1. The molecule has 1 aromatic heterocycles. The molecule has 2 aromatic rings. The number of methoxy groups -OCH3 is 1. The molecule has 4 nitrogen and oxygen atoms in total. The number of benzene rings is 1. The Balaban J connectivity index is 2.48. The molecule has 0 bridgehead atoms. The van der Waals surface area contributed by atoms with Crippen LogP contribution < -0.4 is 10.5 Å². The van der Waals surface area contributed by atoms with Crippen molar-refractivity contribution >= 4 is 17.6 Å². The van der Waals surface area contributed by atoms with E-state index < -0.39 is 0 Å². The van der Waals surface area contributed by atoms with Crippen LogP contribution in [0.3, 0.4) is 0 Å². The van der Waals surface area contributed by atoms with Crippen LogP contribution in [0, 0.1) is 0 Å². The molecule has 0 saturated heterocycles. The lowest BCUT2D eigenvalue weighted by Crippen LogP contribution is -1.87. The molecule has 16 heavy (non-hydrogen) atoms. The summed E-state index contributed by atoms with van der Waals surface area (Å²) in [6.45, 7) is 0. The highest BCUT2D eigenvalue weighted by atomic mass is 32.2. The third-order valence-corrected chi connectivity index (χ3v) is 2.93. The zero-order valence-corrected chi connectivity index (χ0v) is 9.88. The van der Waals surface area contributed by atoms with E-state index in [0.29, 0.717) is 11.6 Å². The number of hydrogen-bond acceptors (Lipinski definition) is 5. The summed E-state index contributed by atoms with van der Waals surface area (Å²) in [6.07, 6.45) is 2.01. The van der Waals surface area contributed by atoms with Crippen LogP contribution in [-0.2, 0) is 0 Å². The number of aromatic nitrogens is 1. The minimum Gasteiger partial charge on any atom is -0.496 e. The maximum Gasteiger partial charge on any atom is 0.172 e. The van der Waals surface area contributed by atoms with Gasteiger partial charge in [0.05, 0.1) is 12.7 Å².